The molecule has 16 heavy (non-hydrogen) atoms. The minimum atomic E-state index is -0.215. The zero-order valence-electron chi connectivity index (χ0n) is 8.44. The fourth-order valence-corrected chi connectivity index (χ4v) is 4.03. The third kappa shape index (κ3) is 1.78. The smallest absolute Gasteiger partial charge is 0.118 e. The highest BCUT2D eigenvalue weighted by atomic mass is 35.5. The summed E-state index contributed by atoms with van der Waals surface area (Å²) in [6, 6.07) is -0.215. The van der Waals surface area contributed by atoms with Crippen LogP contribution in [0.3, 0.4) is 0 Å². The average molecular weight is 272 g/mol. The van der Waals surface area contributed by atoms with Gasteiger partial charge in [-0.05, 0) is 19.3 Å². The molecule has 2 aromatic rings. The molecular formula is C10H10ClN3S2. The molecule has 0 aliphatic heterocycles. The maximum atomic E-state index is 6.13. The first-order valence-corrected chi connectivity index (χ1v) is 7.10. The van der Waals surface area contributed by atoms with Crippen LogP contribution < -0.4 is 5.73 Å². The number of nitrogens with zero attached hydrogens (tertiary/aromatic N) is 2. The molecule has 0 amide bonds. The minimum Gasteiger partial charge on any atom is -0.316 e. The molecule has 6 heteroatoms. The maximum absolute atomic E-state index is 6.13. The third-order valence-electron chi connectivity index (χ3n) is 2.64. The second-order valence-corrected chi connectivity index (χ2v) is 6.56. The number of nitrogens with two attached hydrogens (primary N) is 1. The lowest BCUT2D eigenvalue weighted by molar-refractivity contribution is 0.825. The lowest BCUT2D eigenvalue weighted by Crippen LogP contribution is -2.11. The Bertz CT molecular complexity index is 498. The average Bonchev–Trinajstić information content (AvgIpc) is 2.89. The molecule has 0 saturated carbocycles. The molecule has 0 aromatic carbocycles. The van der Waals surface area contributed by atoms with Crippen LogP contribution in [-0.2, 0) is 12.8 Å². The molecule has 1 atom stereocenters. The van der Waals surface area contributed by atoms with Gasteiger partial charge < -0.3 is 5.73 Å². The molecule has 84 valence electrons. The lowest BCUT2D eigenvalue weighted by atomic mass is 10.3. The Morgan fingerprint density at radius 2 is 2.19 bits per heavy atom. The summed E-state index contributed by atoms with van der Waals surface area (Å²) < 4.78 is 0.676. The highest BCUT2D eigenvalue weighted by Crippen LogP contribution is 2.33. The number of aryl methyl sites for hydroxylation is 2. The van der Waals surface area contributed by atoms with E-state index in [9.17, 15) is 0 Å². The Balaban J connectivity index is 1.91. The van der Waals surface area contributed by atoms with Gasteiger partial charge in [-0.2, -0.15) is 0 Å². The van der Waals surface area contributed by atoms with Gasteiger partial charge in [0, 0.05) is 4.88 Å². The normalized spacial score (nSPS) is 16.4. The number of rotatable bonds is 2. The van der Waals surface area contributed by atoms with Crippen LogP contribution in [0.2, 0.25) is 4.34 Å². The molecular weight excluding hydrogens is 262 g/mol. The zero-order chi connectivity index (χ0) is 11.1. The van der Waals surface area contributed by atoms with Gasteiger partial charge in [0.05, 0.1) is 11.9 Å². The van der Waals surface area contributed by atoms with E-state index in [1.54, 1.807) is 17.5 Å². The monoisotopic (exact) mass is 271 g/mol. The number of halogens is 1. The van der Waals surface area contributed by atoms with Gasteiger partial charge in [-0.15, -0.1) is 22.7 Å². The lowest BCUT2D eigenvalue weighted by Gasteiger charge is -2.03. The molecule has 1 aliphatic carbocycles. The van der Waals surface area contributed by atoms with Gasteiger partial charge in [-0.25, -0.2) is 9.97 Å². The Labute approximate surface area is 106 Å². The zero-order valence-corrected chi connectivity index (χ0v) is 10.8. The van der Waals surface area contributed by atoms with Gasteiger partial charge in [-0.3, -0.25) is 0 Å². The molecule has 3 nitrogen and oxygen atoms in total. The molecule has 0 radical (unpaired) electrons. The topological polar surface area (TPSA) is 51.8 Å². The van der Waals surface area contributed by atoms with Gasteiger partial charge >= 0.3 is 0 Å². The van der Waals surface area contributed by atoms with Crippen LogP contribution in [0.5, 0.6) is 0 Å². The van der Waals surface area contributed by atoms with Crippen LogP contribution >= 0.6 is 34.3 Å². The van der Waals surface area contributed by atoms with Crippen LogP contribution in [0.25, 0.3) is 0 Å². The molecule has 3 rings (SSSR count). The van der Waals surface area contributed by atoms with Crippen molar-refractivity contribution >= 4 is 34.3 Å². The van der Waals surface area contributed by atoms with E-state index in [1.165, 1.54) is 28.3 Å². The first kappa shape index (κ1) is 10.7. The molecule has 0 bridgehead atoms. The van der Waals surface area contributed by atoms with Gasteiger partial charge in [0.15, 0.2) is 0 Å². The van der Waals surface area contributed by atoms with E-state index in [-0.39, 0.29) is 6.04 Å². The predicted octanol–water partition coefficient (Wildman–Crippen LogP) is 2.79. The fraction of sp³-hybridized carbons (Fsp3) is 0.400. The van der Waals surface area contributed by atoms with E-state index in [2.05, 4.69) is 9.97 Å². The molecule has 2 aromatic heterocycles. The van der Waals surface area contributed by atoms with Gasteiger partial charge in [-0.1, -0.05) is 11.6 Å². The largest absolute Gasteiger partial charge is 0.316 e. The summed E-state index contributed by atoms with van der Waals surface area (Å²) in [4.78, 5) is 10.2. The Morgan fingerprint density at radius 3 is 2.88 bits per heavy atom. The summed E-state index contributed by atoms with van der Waals surface area (Å²) in [5.74, 6) is 0. The summed E-state index contributed by atoms with van der Waals surface area (Å²) in [6.45, 7) is 0. The van der Waals surface area contributed by atoms with Crippen molar-refractivity contribution in [1.82, 2.24) is 9.97 Å². The van der Waals surface area contributed by atoms with Crippen molar-refractivity contribution in [3.8, 4) is 0 Å². The number of fused-ring (bicyclic) bond motifs is 1. The summed E-state index contributed by atoms with van der Waals surface area (Å²) >= 11 is 9.00. The van der Waals surface area contributed by atoms with E-state index >= 15 is 0 Å². The molecule has 2 N–H and O–H groups in total. The third-order valence-corrected chi connectivity index (χ3v) is 5.08. The van der Waals surface area contributed by atoms with Crippen molar-refractivity contribution in [2.75, 3.05) is 0 Å². The van der Waals surface area contributed by atoms with Crippen molar-refractivity contribution in [2.24, 2.45) is 5.73 Å². The molecule has 2 heterocycles. The Morgan fingerprint density at radius 1 is 1.31 bits per heavy atom. The van der Waals surface area contributed by atoms with Crippen LogP contribution in [-0.4, -0.2) is 9.97 Å². The van der Waals surface area contributed by atoms with E-state index < -0.39 is 0 Å². The standard InChI is InChI=1S/C10H10ClN3S2/c11-7-4-13-9(16-7)8(12)10-14-5-2-1-3-6(5)15-10/h4,8H,1-3,12H2. The number of thiazole rings is 2. The van der Waals surface area contributed by atoms with Gasteiger partial charge in [0.1, 0.15) is 20.4 Å². The second-order valence-electron chi connectivity index (χ2n) is 3.76. The first-order valence-electron chi connectivity index (χ1n) is 5.09. The van der Waals surface area contributed by atoms with Crippen LogP contribution in [0.4, 0.5) is 0 Å². The van der Waals surface area contributed by atoms with Crippen molar-refractivity contribution in [3.63, 3.8) is 0 Å². The van der Waals surface area contributed by atoms with E-state index in [0.717, 1.165) is 22.9 Å². The minimum absolute atomic E-state index is 0.215. The van der Waals surface area contributed by atoms with Crippen molar-refractivity contribution < 1.29 is 0 Å². The molecule has 0 saturated heterocycles. The van der Waals surface area contributed by atoms with Crippen molar-refractivity contribution in [2.45, 2.75) is 25.3 Å². The van der Waals surface area contributed by atoms with Gasteiger partial charge in [0.25, 0.3) is 0 Å². The van der Waals surface area contributed by atoms with Crippen molar-refractivity contribution in [1.29, 1.82) is 0 Å². The fourth-order valence-electron chi connectivity index (χ4n) is 1.86. The quantitative estimate of drug-likeness (QED) is 0.914. The molecule has 0 spiro atoms. The summed E-state index contributed by atoms with van der Waals surface area (Å²) in [7, 11) is 0. The Kier molecular flexibility index (Phi) is 2.71. The molecule has 0 fully saturated rings. The Hall–Kier alpha value is -0.490. The summed E-state index contributed by atoms with van der Waals surface area (Å²) in [6.07, 6.45) is 5.12. The number of aromatic nitrogens is 2. The van der Waals surface area contributed by atoms with E-state index in [4.69, 9.17) is 17.3 Å². The van der Waals surface area contributed by atoms with Gasteiger partial charge in [0.2, 0.25) is 0 Å². The maximum Gasteiger partial charge on any atom is 0.118 e. The molecule has 1 unspecified atom stereocenters. The molecule has 1 aliphatic rings. The summed E-state index contributed by atoms with van der Waals surface area (Å²) in [5, 5.41) is 1.81. The highest BCUT2D eigenvalue weighted by Gasteiger charge is 2.22. The van der Waals surface area contributed by atoms with Crippen LogP contribution in [0.15, 0.2) is 6.20 Å². The number of hydrogen-bond acceptors (Lipinski definition) is 5. The first-order chi connectivity index (χ1) is 7.74. The summed E-state index contributed by atoms with van der Waals surface area (Å²) in [5.41, 5.74) is 7.36. The van der Waals surface area contributed by atoms with Crippen molar-refractivity contribution in [3.05, 3.63) is 31.1 Å². The van der Waals surface area contributed by atoms with E-state index in [1.807, 2.05) is 0 Å². The predicted molar refractivity (Wildman–Crippen MR) is 67.3 cm³/mol. The van der Waals surface area contributed by atoms with Crippen LogP contribution in [0.1, 0.15) is 33.0 Å². The number of hydrogen-bond donors (Lipinski definition) is 1. The highest BCUT2D eigenvalue weighted by molar-refractivity contribution is 7.16. The SMILES string of the molecule is NC(c1ncc(Cl)s1)c1nc2c(s1)CCC2. The second kappa shape index (κ2) is 4.07. The van der Waals surface area contributed by atoms with Crippen LogP contribution in [0, 0.1) is 0 Å². The van der Waals surface area contributed by atoms with E-state index in [0.29, 0.717) is 4.34 Å².